The van der Waals surface area contributed by atoms with Crippen molar-refractivity contribution in [2.45, 2.75) is 13.8 Å². The van der Waals surface area contributed by atoms with Gasteiger partial charge in [-0.25, -0.2) is 0 Å². The molecule has 0 aromatic heterocycles. The number of non-ortho nitro benzene ring substituents is 2. The van der Waals surface area contributed by atoms with Gasteiger partial charge in [-0.05, 0) is 50.2 Å². The van der Waals surface area contributed by atoms with Gasteiger partial charge in [0.15, 0.2) is 5.75 Å². The Morgan fingerprint density at radius 2 is 0.978 bits per heavy atom. The Kier molecular flexibility index (Phi) is 16.3. The summed E-state index contributed by atoms with van der Waals surface area (Å²) < 4.78 is 5.04. The number of phenols is 5. The van der Waals surface area contributed by atoms with Gasteiger partial charge in [-0.2, -0.15) is 0 Å². The minimum absolute atomic E-state index is 0. The molecule has 18 heteroatoms. The molecular formula is C28H27CoN6NaO10. The molecule has 0 saturated heterocycles. The van der Waals surface area contributed by atoms with E-state index in [-0.39, 0.29) is 128 Å². The summed E-state index contributed by atoms with van der Waals surface area (Å²) in [6.07, 6.45) is 0. The predicted octanol–water partition coefficient (Wildman–Crippen LogP) is 4.63. The number of rotatable bonds is 7. The largest absolute Gasteiger partial charge is 1.00 e. The maximum absolute atomic E-state index is 10.7. The summed E-state index contributed by atoms with van der Waals surface area (Å²) in [5.41, 5.74) is 0.697. The Balaban J connectivity index is 0.000000827. The van der Waals surface area contributed by atoms with Crippen LogP contribution in [-0.4, -0.2) is 42.5 Å². The molecule has 16 nitrogen and oxygen atoms in total. The van der Waals surface area contributed by atoms with Crippen LogP contribution in [0.5, 0.6) is 34.5 Å². The molecule has 0 bridgehead atoms. The van der Waals surface area contributed by atoms with Crippen molar-refractivity contribution >= 4 is 34.1 Å². The SMILES string of the molecule is COc1cc([N+](=O)[O-])ccc1N=Nc1ccc(O)c(C)c1O.Cc1c(O)ccc(N=Nc2ccc([N+](=O)[O-])cc2O)c1O.[CH3-].[Co].[Na+]. The van der Waals surface area contributed by atoms with Gasteiger partial charge in [0.2, 0.25) is 0 Å². The van der Waals surface area contributed by atoms with E-state index < -0.39 is 15.6 Å². The second-order valence-corrected chi connectivity index (χ2v) is 8.60. The zero-order chi connectivity index (χ0) is 31.8. The summed E-state index contributed by atoms with van der Waals surface area (Å²) in [7, 11) is 1.36. The number of nitro groups is 2. The van der Waals surface area contributed by atoms with Crippen molar-refractivity contribution in [3.05, 3.63) is 99.4 Å². The van der Waals surface area contributed by atoms with Gasteiger partial charge in [-0.1, -0.05) is 0 Å². The number of phenolic OH excluding ortho intramolecular Hbond substituents is 5. The van der Waals surface area contributed by atoms with E-state index in [1.807, 2.05) is 0 Å². The number of aromatic hydroxyl groups is 5. The second kappa shape index (κ2) is 18.2. The summed E-state index contributed by atoms with van der Waals surface area (Å²) in [6.45, 7) is 3.04. The van der Waals surface area contributed by atoms with Crippen LogP contribution in [0.1, 0.15) is 11.1 Å². The molecule has 0 heterocycles. The van der Waals surface area contributed by atoms with Gasteiger partial charge in [0.05, 0.1) is 29.1 Å². The first-order valence-corrected chi connectivity index (χ1v) is 12.0. The van der Waals surface area contributed by atoms with Crippen LogP contribution >= 0.6 is 0 Å². The normalized spacial score (nSPS) is 10.2. The Morgan fingerprint density at radius 1 is 0.609 bits per heavy atom. The molecule has 1 radical (unpaired) electrons. The number of hydrogen-bond acceptors (Lipinski definition) is 14. The zero-order valence-corrected chi connectivity index (χ0v) is 28.1. The van der Waals surface area contributed by atoms with E-state index in [0.29, 0.717) is 0 Å². The molecule has 46 heavy (non-hydrogen) atoms. The summed E-state index contributed by atoms with van der Waals surface area (Å²) in [6, 6.07) is 12.8. The monoisotopic (exact) mass is 689 g/mol. The molecule has 239 valence electrons. The third kappa shape index (κ3) is 10.1. The van der Waals surface area contributed by atoms with Crippen molar-refractivity contribution in [2.75, 3.05) is 7.11 Å². The van der Waals surface area contributed by atoms with Crippen LogP contribution in [0.15, 0.2) is 81.1 Å². The fourth-order valence-corrected chi connectivity index (χ4v) is 3.30. The fourth-order valence-electron chi connectivity index (χ4n) is 3.30. The van der Waals surface area contributed by atoms with Crippen LogP contribution < -0.4 is 34.3 Å². The number of benzene rings is 4. The molecular weight excluding hydrogens is 662 g/mol. The van der Waals surface area contributed by atoms with Crippen molar-refractivity contribution < 1.29 is 86.5 Å². The molecule has 0 unspecified atom stereocenters. The van der Waals surface area contributed by atoms with Crippen LogP contribution in [0.3, 0.4) is 0 Å². The van der Waals surface area contributed by atoms with Crippen molar-refractivity contribution in [1.82, 2.24) is 0 Å². The molecule has 0 saturated carbocycles. The molecule has 0 aliphatic rings. The topological polar surface area (TPSA) is 246 Å². The molecule has 0 aliphatic heterocycles. The van der Waals surface area contributed by atoms with Crippen molar-refractivity contribution in [3.63, 3.8) is 0 Å². The number of ether oxygens (including phenoxy) is 1. The fraction of sp³-hybridized carbons (Fsp3) is 0.107. The van der Waals surface area contributed by atoms with E-state index in [9.17, 15) is 45.8 Å². The zero-order valence-electron chi connectivity index (χ0n) is 25.1. The number of nitro benzene ring substituents is 2. The van der Waals surface area contributed by atoms with Crippen molar-refractivity contribution in [1.29, 1.82) is 0 Å². The predicted molar refractivity (Wildman–Crippen MR) is 158 cm³/mol. The van der Waals surface area contributed by atoms with Crippen LogP contribution in [0.4, 0.5) is 34.1 Å². The standard InChI is InChI=1S/C14H13N3O5.C13H11N3O5.CH3.Co.Na/c1-8-12(18)6-5-11(14(8)19)16-15-10-4-3-9(17(20)21)7-13(10)22-2;1-7-11(17)5-4-10(13(7)19)15-14-9-3-2-8(16(20)21)6-12(9)18;;;/h3-7,18-19H,1-2H3;2-6,17-19H,1H3;1H3;;/q;;-1;;+1. The van der Waals surface area contributed by atoms with Crippen molar-refractivity contribution in [3.8, 4) is 34.5 Å². The van der Waals surface area contributed by atoms with E-state index in [2.05, 4.69) is 20.5 Å². The number of nitrogens with zero attached hydrogens (tertiary/aromatic N) is 6. The first-order chi connectivity index (χ1) is 20.3. The first kappa shape index (κ1) is 41.2. The van der Waals surface area contributed by atoms with E-state index in [4.69, 9.17) is 4.74 Å². The summed E-state index contributed by atoms with van der Waals surface area (Å²) >= 11 is 0. The number of hydrogen-bond donors (Lipinski definition) is 5. The summed E-state index contributed by atoms with van der Waals surface area (Å²) in [5.74, 6) is -0.769. The third-order valence-corrected chi connectivity index (χ3v) is 5.84. The van der Waals surface area contributed by atoms with E-state index in [1.54, 1.807) is 0 Å². The van der Waals surface area contributed by atoms with Crippen LogP contribution in [-0.2, 0) is 16.8 Å². The quantitative estimate of drug-likeness (QED) is 0.0592. The Bertz CT molecular complexity index is 1770. The summed E-state index contributed by atoms with van der Waals surface area (Å²) in [5, 5.41) is 84.6. The minimum Gasteiger partial charge on any atom is -0.508 e. The van der Waals surface area contributed by atoms with E-state index in [1.165, 1.54) is 75.6 Å². The average Bonchev–Trinajstić information content (AvgIpc) is 2.98. The maximum atomic E-state index is 10.7. The van der Waals surface area contributed by atoms with Gasteiger partial charge in [-0.3, -0.25) is 20.2 Å². The molecule has 4 aromatic carbocycles. The number of methoxy groups -OCH3 is 1. The molecule has 5 N–H and O–H groups in total. The number of azo groups is 2. The molecule has 0 atom stereocenters. The maximum Gasteiger partial charge on any atom is 1.00 e. The van der Waals surface area contributed by atoms with Crippen LogP contribution in [0.25, 0.3) is 0 Å². The van der Waals surface area contributed by atoms with Crippen molar-refractivity contribution in [2.24, 2.45) is 20.5 Å². The minimum atomic E-state index is -0.643. The van der Waals surface area contributed by atoms with Gasteiger partial charge in [0, 0.05) is 40.0 Å². The second-order valence-electron chi connectivity index (χ2n) is 8.60. The molecule has 0 fully saturated rings. The Labute approximate surface area is 294 Å². The summed E-state index contributed by atoms with van der Waals surface area (Å²) in [4.78, 5) is 20.1. The van der Waals surface area contributed by atoms with Crippen LogP contribution in [0, 0.1) is 41.5 Å². The van der Waals surface area contributed by atoms with Gasteiger partial charge in [0.25, 0.3) is 11.4 Å². The average molecular weight is 689 g/mol. The Hall–Kier alpha value is -4.81. The smallest absolute Gasteiger partial charge is 0.508 e. The van der Waals surface area contributed by atoms with Crippen LogP contribution in [0.2, 0.25) is 0 Å². The van der Waals surface area contributed by atoms with Gasteiger partial charge >= 0.3 is 29.6 Å². The third-order valence-electron chi connectivity index (χ3n) is 5.84. The molecule has 0 aliphatic carbocycles. The van der Waals surface area contributed by atoms with E-state index >= 15 is 0 Å². The van der Waals surface area contributed by atoms with E-state index in [0.717, 1.165) is 6.07 Å². The molecule has 4 aromatic rings. The molecule has 0 amide bonds. The van der Waals surface area contributed by atoms with Gasteiger partial charge in [0.1, 0.15) is 51.5 Å². The first-order valence-electron chi connectivity index (χ1n) is 12.0. The van der Waals surface area contributed by atoms with Gasteiger partial charge in [-0.15, -0.1) is 20.5 Å². The molecule has 0 spiro atoms. The molecule has 4 rings (SSSR count). The van der Waals surface area contributed by atoms with Gasteiger partial charge < -0.3 is 37.7 Å². The Morgan fingerprint density at radius 3 is 1.39 bits per heavy atom.